The largest absolute Gasteiger partial charge is 0.352 e. The lowest BCUT2D eigenvalue weighted by Gasteiger charge is -2.22. The van der Waals surface area contributed by atoms with E-state index in [0.29, 0.717) is 23.8 Å². The second-order valence-corrected chi connectivity index (χ2v) is 5.76. The molecule has 0 heterocycles. The van der Waals surface area contributed by atoms with Gasteiger partial charge in [0.05, 0.1) is 6.04 Å². The summed E-state index contributed by atoms with van der Waals surface area (Å²) in [5.74, 6) is 1.79. The third-order valence-corrected chi connectivity index (χ3v) is 3.86. The van der Waals surface area contributed by atoms with E-state index >= 15 is 0 Å². The zero-order valence-corrected chi connectivity index (χ0v) is 11.0. The molecule has 4 atom stereocenters. The number of carbonyl (C=O) groups excluding carboxylic acids is 1. The first-order valence-electron chi connectivity index (χ1n) is 6.47. The minimum absolute atomic E-state index is 0.0275. The van der Waals surface area contributed by atoms with Crippen molar-refractivity contribution in [1.82, 2.24) is 5.32 Å². The summed E-state index contributed by atoms with van der Waals surface area (Å²) in [6.45, 7) is 8.66. The molecule has 1 aliphatic carbocycles. The molecule has 0 aromatic heterocycles. The summed E-state index contributed by atoms with van der Waals surface area (Å²) in [5, 5.41) is 3.10. The molecule has 0 spiro atoms. The van der Waals surface area contributed by atoms with Gasteiger partial charge in [-0.1, -0.05) is 27.7 Å². The van der Waals surface area contributed by atoms with E-state index in [1.807, 2.05) is 0 Å². The summed E-state index contributed by atoms with van der Waals surface area (Å²) in [7, 11) is 0. The average molecular weight is 226 g/mol. The van der Waals surface area contributed by atoms with Crippen LogP contribution in [0.5, 0.6) is 0 Å². The number of rotatable bonds is 4. The Kier molecular flexibility index (Phi) is 4.78. The predicted octanol–water partition coefficient (Wildman–Crippen LogP) is 1.91. The molecular weight excluding hydrogens is 200 g/mol. The van der Waals surface area contributed by atoms with E-state index in [1.165, 1.54) is 6.42 Å². The topological polar surface area (TPSA) is 55.1 Å². The quantitative estimate of drug-likeness (QED) is 0.769. The molecule has 0 saturated heterocycles. The van der Waals surface area contributed by atoms with Crippen molar-refractivity contribution in [2.45, 2.75) is 59.0 Å². The highest BCUT2D eigenvalue weighted by atomic mass is 16.2. The van der Waals surface area contributed by atoms with Crippen molar-refractivity contribution in [3.63, 3.8) is 0 Å². The average Bonchev–Trinajstić information content (AvgIpc) is 2.48. The van der Waals surface area contributed by atoms with E-state index < -0.39 is 0 Å². The Morgan fingerprint density at radius 2 is 2.00 bits per heavy atom. The molecule has 1 fully saturated rings. The third kappa shape index (κ3) is 3.48. The summed E-state index contributed by atoms with van der Waals surface area (Å²) in [4.78, 5) is 11.9. The zero-order valence-electron chi connectivity index (χ0n) is 11.0. The number of hydrogen-bond acceptors (Lipinski definition) is 2. The maximum absolute atomic E-state index is 11.9. The van der Waals surface area contributed by atoms with Gasteiger partial charge in [0.15, 0.2) is 0 Å². The molecule has 3 N–H and O–H groups in total. The van der Waals surface area contributed by atoms with E-state index in [4.69, 9.17) is 5.73 Å². The molecule has 1 aliphatic rings. The van der Waals surface area contributed by atoms with Gasteiger partial charge in [0.25, 0.3) is 0 Å². The monoisotopic (exact) mass is 226 g/mol. The Morgan fingerprint density at radius 1 is 1.38 bits per heavy atom. The summed E-state index contributed by atoms with van der Waals surface area (Å²) >= 11 is 0. The first-order chi connectivity index (χ1) is 7.41. The SMILES string of the molecule is CC(C)C[C@@H](N)C(=O)NC1CCC(C)C1C. The van der Waals surface area contributed by atoms with Crippen LogP contribution in [0.15, 0.2) is 0 Å². The molecule has 94 valence electrons. The molecule has 1 rings (SSSR count). The van der Waals surface area contributed by atoms with Gasteiger partial charge in [-0.2, -0.15) is 0 Å². The molecule has 1 amide bonds. The molecule has 1 saturated carbocycles. The maximum atomic E-state index is 11.9. The van der Waals surface area contributed by atoms with Crippen LogP contribution in [-0.2, 0) is 4.79 Å². The second-order valence-electron chi connectivity index (χ2n) is 5.76. The smallest absolute Gasteiger partial charge is 0.237 e. The normalized spacial score (nSPS) is 31.8. The van der Waals surface area contributed by atoms with Crippen LogP contribution in [-0.4, -0.2) is 18.0 Å². The fourth-order valence-electron chi connectivity index (χ4n) is 2.47. The number of nitrogens with one attached hydrogen (secondary N) is 1. The number of carbonyl (C=O) groups is 1. The highest BCUT2D eigenvalue weighted by Gasteiger charge is 2.31. The van der Waals surface area contributed by atoms with Crippen LogP contribution in [0.1, 0.15) is 47.0 Å². The van der Waals surface area contributed by atoms with Crippen molar-refractivity contribution in [1.29, 1.82) is 0 Å². The number of hydrogen-bond donors (Lipinski definition) is 2. The molecule has 0 aromatic carbocycles. The van der Waals surface area contributed by atoms with E-state index in [-0.39, 0.29) is 11.9 Å². The summed E-state index contributed by atoms with van der Waals surface area (Å²) in [6, 6.07) is -0.0104. The van der Waals surface area contributed by atoms with Crippen molar-refractivity contribution >= 4 is 5.91 Å². The predicted molar refractivity (Wildman–Crippen MR) is 66.9 cm³/mol. The number of nitrogens with two attached hydrogens (primary N) is 1. The Balaban J connectivity index is 2.39. The van der Waals surface area contributed by atoms with Crippen molar-refractivity contribution in [3.8, 4) is 0 Å². The Morgan fingerprint density at radius 3 is 2.44 bits per heavy atom. The van der Waals surface area contributed by atoms with E-state index in [0.717, 1.165) is 12.8 Å². The Labute approximate surface area is 99.2 Å². The fourth-order valence-corrected chi connectivity index (χ4v) is 2.47. The minimum Gasteiger partial charge on any atom is -0.352 e. The molecule has 16 heavy (non-hydrogen) atoms. The van der Waals surface area contributed by atoms with Gasteiger partial charge in [-0.05, 0) is 37.0 Å². The molecular formula is C13H26N2O. The van der Waals surface area contributed by atoms with Gasteiger partial charge in [-0.3, -0.25) is 4.79 Å². The standard InChI is InChI=1S/C13H26N2O/c1-8(2)7-11(14)13(16)15-12-6-5-9(3)10(12)4/h8-12H,5-7,14H2,1-4H3,(H,15,16)/t9?,10?,11-,12?/m1/s1. The van der Waals surface area contributed by atoms with Crippen LogP contribution in [0.3, 0.4) is 0 Å². The molecule has 0 bridgehead atoms. The van der Waals surface area contributed by atoms with E-state index in [9.17, 15) is 4.79 Å². The van der Waals surface area contributed by atoms with Crippen LogP contribution in [0.25, 0.3) is 0 Å². The molecule has 3 heteroatoms. The van der Waals surface area contributed by atoms with Gasteiger partial charge >= 0.3 is 0 Å². The van der Waals surface area contributed by atoms with E-state index in [1.54, 1.807) is 0 Å². The zero-order chi connectivity index (χ0) is 12.3. The fraction of sp³-hybridized carbons (Fsp3) is 0.923. The van der Waals surface area contributed by atoms with Gasteiger partial charge in [-0.25, -0.2) is 0 Å². The van der Waals surface area contributed by atoms with Crippen molar-refractivity contribution < 1.29 is 4.79 Å². The summed E-state index contributed by atoms with van der Waals surface area (Å²) < 4.78 is 0. The van der Waals surface area contributed by atoms with Crippen LogP contribution < -0.4 is 11.1 Å². The van der Waals surface area contributed by atoms with Crippen molar-refractivity contribution in [2.24, 2.45) is 23.5 Å². The van der Waals surface area contributed by atoms with Gasteiger partial charge in [0.1, 0.15) is 0 Å². The van der Waals surface area contributed by atoms with Crippen molar-refractivity contribution in [2.75, 3.05) is 0 Å². The van der Waals surface area contributed by atoms with Crippen LogP contribution >= 0.6 is 0 Å². The summed E-state index contributed by atoms with van der Waals surface area (Å²) in [6.07, 6.45) is 3.08. The van der Waals surface area contributed by atoms with Gasteiger partial charge in [-0.15, -0.1) is 0 Å². The van der Waals surface area contributed by atoms with Gasteiger partial charge in [0, 0.05) is 6.04 Å². The molecule has 3 unspecified atom stereocenters. The molecule has 3 nitrogen and oxygen atoms in total. The van der Waals surface area contributed by atoms with Gasteiger partial charge < -0.3 is 11.1 Å². The second kappa shape index (κ2) is 5.67. The minimum atomic E-state index is -0.344. The highest BCUT2D eigenvalue weighted by Crippen LogP contribution is 2.31. The first-order valence-corrected chi connectivity index (χ1v) is 6.47. The van der Waals surface area contributed by atoms with Crippen LogP contribution in [0, 0.1) is 17.8 Å². The highest BCUT2D eigenvalue weighted by molar-refractivity contribution is 5.81. The van der Waals surface area contributed by atoms with Crippen LogP contribution in [0.2, 0.25) is 0 Å². The van der Waals surface area contributed by atoms with Gasteiger partial charge in [0.2, 0.25) is 5.91 Å². The lowest BCUT2D eigenvalue weighted by Crippen LogP contribution is -2.47. The maximum Gasteiger partial charge on any atom is 0.237 e. The molecule has 0 aliphatic heterocycles. The Bertz CT molecular complexity index is 240. The van der Waals surface area contributed by atoms with Crippen LogP contribution in [0.4, 0.5) is 0 Å². The lowest BCUT2D eigenvalue weighted by molar-refractivity contribution is -0.123. The first kappa shape index (κ1) is 13.5. The molecule has 0 aromatic rings. The third-order valence-electron chi connectivity index (χ3n) is 3.86. The lowest BCUT2D eigenvalue weighted by atomic mass is 9.97. The van der Waals surface area contributed by atoms with Crippen molar-refractivity contribution in [3.05, 3.63) is 0 Å². The number of amides is 1. The van der Waals surface area contributed by atoms with E-state index in [2.05, 4.69) is 33.0 Å². The molecule has 0 radical (unpaired) electrons. The Hall–Kier alpha value is -0.570. The summed E-state index contributed by atoms with van der Waals surface area (Å²) in [5.41, 5.74) is 5.86.